The number of fused-ring (bicyclic) bond motifs is 1. The minimum absolute atomic E-state index is 0.0372. The third-order valence-electron chi connectivity index (χ3n) is 7.37. The largest absolute Gasteiger partial charge is 0.437 e. The summed E-state index contributed by atoms with van der Waals surface area (Å²) in [5.41, 5.74) is 0.357. The summed E-state index contributed by atoms with van der Waals surface area (Å²) < 4.78 is 59.6. The highest BCUT2D eigenvalue weighted by atomic mass is 19.4. The number of nitrogens with one attached hydrogen (secondary N) is 1. The highest BCUT2D eigenvalue weighted by Gasteiger charge is 2.32. The molecule has 45 heavy (non-hydrogen) atoms. The van der Waals surface area contributed by atoms with Gasteiger partial charge in [-0.2, -0.15) is 18.4 Å². The number of halogens is 4. The molecule has 0 aliphatic carbocycles. The summed E-state index contributed by atoms with van der Waals surface area (Å²) in [6, 6.07) is 16.7. The molecule has 8 nitrogen and oxygen atoms in total. The van der Waals surface area contributed by atoms with Gasteiger partial charge in [0, 0.05) is 42.8 Å². The van der Waals surface area contributed by atoms with Crippen LogP contribution in [0.1, 0.15) is 51.9 Å². The predicted octanol–water partition coefficient (Wildman–Crippen LogP) is 7.00. The fourth-order valence-electron chi connectivity index (χ4n) is 5.00. The van der Waals surface area contributed by atoms with Gasteiger partial charge in [0.15, 0.2) is 5.78 Å². The van der Waals surface area contributed by atoms with Crippen LogP contribution in [0.15, 0.2) is 77.6 Å². The highest BCUT2D eigenvalue weighted by Crippen LogP contribution is 2.38. The van der Waals surface area contributed by atoms with Crippen molar-refractivity contribution in [3.63, 3.8) is 0 Å². The van der Waals surface area contributed by atoms with Gasteiger partial charge in [0.05, 0.1) is 28.4 Å². The summed E-state index contributed by atoms with van der Waals surface area (Å²) in [6.07, 6.45) is -3.62. The second-order valence-corrected chi connectivity index (χ2v) is 10.6. The van der Waals surface area contributed by atoms with Gasteiger partial charge in [0.1, 0.15) is 23.3 Å². The van der Waals surface area contributed by atoms with Crippen molar-refractivity contribution in [3.8, 4) is 28.5 Å². The molecule has 1 unspecified atom stereocenters. The van der Waals surface area contributed by atoms with Crippen LogP contribution >= 0.6 is 0 Å². The lowest BCUT2D eigenvalue weighted by Crippen LogP contribution is -2.25. The lowest BCUT2D eigenvalue weighted by Gasteiger charge is -2.20. The summed E-state index contributed by atoms with van der Waals surface area (Å²) in [5, 5.41) is 12.6. The van der Waals surface area contributed by atoms with Crippen LogP contribution < -0.4 is 5.32 Å². The monoisotopic (exact) mass is 615 g/mol. The molecule has 0 saturated carbocycles. The van der Waals surface area contributed by atoms with E-state index in [0.717, 1.165) is 0 Å². The number of hydrogen-bond acceptors (Lipinski definition) is 7. The Morgan fingerprint density at radius 2 is 1.80 bits per heavy atom. The summed E-state index contributed by atoms with van der Waals surface area (Å²) in [6.45, 7) is 1.59. The number of furan rings is 1. The molecule has 228 valence electrons. The number of pyridine rings is 1. The Labute approximate surface area is 254 Å². The first-order valence-corrected chi connectivity index (χ1v) is 13.7. The third-order valence-corrected chi connectivity index (χ3v) is 7.37. The first-order valence-electron chi connectivity index (χ1n) is 13.7. The number of amides is 1. The molecule has 0 saturated heterocycles. The van der Waals surface area contributed by atoms with Crippen molar-refractivity contribution >= 4 is 22.8 Å². The van der Waals surface area contributed by atoms with Gasteiger partial charge in [-0.3, -0.25) is 9.59 Å². The summed E-state index contributed by atoms with van der Waals surface area (Å²) in [4.78, 5) is 38.9. The Kier molecular flexibility index (Phi) is 8.46. The standard InChI is InChI=1S/C33H25F4N5O3/c1-32(17-38,27-11-13-40-18-41-27)16-26(43)21-5-3-4-20(14-21)23-15-24-28(30(44)39-2)29(19-6-8-22(34)9-7-19)45-31(24)42-25(23)10-12-33(35,36)37/h3-9,11,13-15,18H,10,12,16H2,1-2H3,(H,39,44). The van der Waals surface area contributed by atoms with Crippen molar-refractivity contribution < 1.29 is 31.6 Å². The first kappa shape index (κ1) is 31.0. The van der Waals surface area contributed by atoms with E-state index in [4.69, 9.17) is 4.42 Å². The number of hydrogen-bond donors (Lipinski definition) is 1. The fourth-order valence-corrected chi connectivity index (χ4v) is 5.00. The van der Waals surface area contributed by atoms with Crippen LogP contribution in [0.5, 0.6) is 0 Å². The fraction of sp³-hybridized carbons (Fsp3) is 0.212. The molecule has 1 amide bonds. The lowest BCUT2D eigenvalue weighted by atomic mass is 9.81. The minimum Gasteiger partial charge on any atom is -0.437 e. The van der Waals surface area contributed by atoms with E-state index in [0.29, 0.717) is 16.8 Å². The summed E-state index contributed by atoms with van der Waals surface area (Å²) in [5.74, 6) is -1.38. The molecule has 2 aromatic carbocycles. The van der Waals surface area contributed by atoms with E-state index >= 15 is 0 Å². The van der Waals surface area contributed by atoms with E-state index in [2.05, 4.69) is 26.3 Å². The molecule has 5 aromatic rings. The molecule has 0 aliphatic rings. The SMILES string of the molecule is CNC(=O)c1c(-c2ccc(F)cc2)oc2nc(CCC(F)(F)F)c(-c3cccc(C(=O)CC(C)(C#N)c4ccncn4)c3)cc12. The number of nitrogens with zero attached hydrogens (tertiary/aromatic N) is 4. The number of aryl methyl sites for hydroxylation is 1. The maximum Gasteiger partial charge on any atom is 0.389 e. The zero-order chi connectivity index (χ0) is 32.4. The number of carbonyl (C=O) groups excluding carboxylic acids is 2. The Balaban J connectivity index is 1.64. The van der Waals surface area contributed by atoms with Gasteiger partial charge >= 0.3 is 6.18 Å². The summed E-state index contributed by atoms with van der Waals surface area (Å²) in [7, 11) is 1.41. The Hall–Kier alpha value is -5.44. The molecule has 1 N–H and O–H groups in total. The molecule has 3 aromatic heterocycles. The maximum absolute atomic E-state index is 13.6. The van der Waals surface area contributed by atoms with Crippen molar-refractivity contribution in [2.45, 2.75) is 37.8 Å². The zero-order valence-corrected chi connectivity index (χ0v) is 24.1. The first-order chi connectivity index (χ1) is 21.4. The van der Waals surface area contributed by atoms with Crippen LogP contribution in [0.3, 0.4) is 0 Å². The number of Topliss-reactive ketones (excluding diaryl/α,β-unsaturated/α-hetero) is 1. The number of alkyl halides is 3. The van der Waals surface area contributed by atoms with Gasteiger partial charge in [-0.15, -0.1) is 0 Å². The average molecular weight is 616 g/mol. The van der Waals surface area contributed by atoms with Gasteiger partial charge in [-0.1, -0.05) is 18.2 Å². The van der Waals surface area contributed by atoms with Crippen molar-refractivity contribution in [3.05, 3.63) is 102 Å². The smallest absolute Gasteiger partial charge is 0.389 e. The van der Waals surface area contributed by atoms with Crippen molar-refractivity contribution in [2.75, 3.05) is 7.05 Å². The van der Waals surface area contributed by atoms with Gasteiger partial charge in [-0.05, 0) is 61.4 Å². The number of carbonyl (C=O) groups is 2. The second kappa shape index (κ2) is 12.3. The zero-order valence-electron chi connectivity index (χ0n) is 24.1. The molecular weight excluding hydrogens is 590 g/mol. The molecule has 1 atom stereocenters. The van der Waals surface area contributed by atoms with Crippen molar-refractivity contribution in [2.24, 2.45) is 0 Å². The van der Waals surface area contributed by atoms with Crippen LogP contribution in [-0.4, -0.2) is 39.9 Å². The third kappa shape index (κ3) is 6.57. The molecule has 0 radical (unpaired) electrons. The second-order valence-electron chi connectivity index (χ2n) is 10.6. The molecule has 5 rings (SSSR count). The van der Waals surface area contributed by atoms with Crippen LogP contribution in [0.4, 0.5) is 17.6 Å². The van der Waals surface area contributed by atoms with Gasteiger partial charge < -0.3 is 9.73 Å². The maximum atomic E-state index is 13.6. The van der Waals surface area contributed by atoms with Gasteiger partial charge in [-0.25, -0.2) is 19.3 Å². The van der Waals surface area contributed by atoms with Crippen LogP contribution in [0.2, 0.25) is 0 Å². The predicted molar refractivity (Wildman–Crippen MR) is 157 cm³/mol. The molecule has 0 aliphatic heterocycles. The van der Waals surface area contributed by atoms with E-state index in [-0.39, 0.29) is 45.7 Å². The number of benzene rings is 2. The van der Waals surface area contributed by atoms with Gasteiger partial charge in [0.2, 0.25) is 5.71 Å². The quantitative estimate of drug-likeness (QED) is 0.140. The van der Waals surface area contributed by atoms with Crippen molar-refractivity contribution in [1.82, 2.24) is 20.3 Å². The highest BCUT2D eigenvalue weighted by molar-refractivity contribution is 6.11. The molecular formula is C33H25F4N5O3. The van der Waals surface area contributed by atoms with E-state index in [9.17, 15) is 32.4 Å². The Morgan fingerprint density at radius 1 is 1.04 bits per heavy atom. The van der Waals surface area contributed by atoms with E-state index in [1.165, 1.54) is 56.0 Å². The van der Waals surface area contributed by atoms with Crippen LogP contribution in [0, 0.1) is 17.1 Å². The van der Waals surface area contributed by atoms with Crippen LogP contribution in [0.25, 0.3) is 33.6 Å². The average Bonchev–Trinajstić information content (AvgIpc) is 3.41. The Bertz CT molecular complexity index is 1930. The molecule has 12 heteroatoms. The van der Waals surface area contributed by atoms with Crippen LogP contribution in [-0.2, 0) is 11.8 Å². The van der Waals surface area contributed by atoms with E-state index < -0.39 is 41.9 Å². The normalized spacial score (nSPS) is 12.8. The lowest BCUT2D eigenvalue weighted by molar-refractivity contribution is -0.134. The van der Waals surface area contributed by atoms with Gasteiger partial charge in [0.25, 0.3) is 5.91 Å². The Morgan fingerprint density at radius 3 is 2.44 bits per heavy atom. The molecule has 0 spiro atoms. The summed E-state index contributed by atoms with van der Waals surface area (Å²) >= 11 is 0. The molecule has 0 fully saturated rings. The van der Waals surface area contributed by atoms with Crippen molar-refractivity contribution in [1.29, 1.82) is 5.26 Å². The topological polar surface area (TPSA) is 122 Å². The van der Waals surface area contributed by atoms with E-state index in [1.54, 1.807) is 31.2 Å². The number of rotatable bonds is 9. The molecule has 3 heterocycles. The number of aromatic nitrogens is 3. The number of ketones is 1. The number of nitriles is 1. The minimum atomic E-state index is -4.48. The molecule has 0 bridgehead atoms. The van der Waals surface area contributed by atoms with E-state index in [1.807, 2.05) is 0 Å².